The lowest BCUT2D eigenvalue weighted by Gasteiger charge is -2.34. The molecule has 0 fully saturated rings. The van der Waals surface area contributed by atoms with Gasteiger partial charge in [0.15, 0.2) is 0 Å². The van der Waals surface area contributed by atoms with E-state index in [1.807, 2.05) is 0 Å². The van der Waals surface area contributed by atoms with Crippen LogP contribution in [-0.4, -0.2) is 79.9 Å². The van der Waals surface area contributed by atoms with Crippen molar-refractivity contribution in [2.75, 3.05) is 39.5 Å². The van der Waals surface area contributed by atoms with Gasteiger partial charge in [0.05, 0.1) is 19.8 Å². The van der Waals surface area contributed by atoms with E-state index in [9.17, 15) is 41.0 Å². The highest BCUT2D eigenvalue weighted by molar-refractivity contribution is 5.81. The Morgan fingerprint density at radius 1 is 0.875 bits per heavy atom. The molecule has 6 N–H and O–H groups in total. The summed E-state index contributed by atoms with van der Waals surface area (Å²) in [6.07, 6.45) is -9.57. The van der Waals surface area contributed by atoms with Crippen molar-refractivity contribution in [3.8, 4) is 0 Å². The van der Waals surface area contributed by atoms with Crippen molar-refractivity contribution in [1.29, 1.82) is 0 Å². The van der Waals surface area contributed by atoms with Gasteiger partial charge in [-0.3, -0.25) is 9.59 Å². The number of ether oxygens (including phenoxy) is 1. The van der Waals surface area contributed by atoms with Gasteiger partial charge in [-0.15, -0.1) is 0 Å². The van der Waals surface area contributed by atoms with Crippen LogP contribution in [0, 0.1) is 5.41 Å². The molecule has 8 nitrogen and oxygen atoms in total. The molecular weight excluding hydrogens is 452 g/mol. The van der Waals surface area contributed by atoms with E-state index in [-0.39, 0.29) is 58.5 Å². The Bertz CT molecular complexity index is 526. The molecule has 0 aromatic carbocycles. The summed E-state index contributed by atoms with van der Waals surface area (Å²) in [4.78, 5) is 21.9. The summed E-state index contributed by atoms with van der Waals surface area (Å²) in [7, 11) is 0. The summed E-state index contributed by atoms with van der Waals surface area (Å²) < 4.78 is 79.2. The van der Waals surface area contributed by atoms with E-state index in [2.05, 4.69) is 0 Å². The van der Waals surface area contributed by atoms with Crippen LogP contribution in [-0.2, 0) is 14.3 Å². The summed E-state index contributed by atoms with van der Waals surface area (Å²) in [5, 5.41) is 21.8. The van der Waals surface area contributed by atoms with E-state index < -0.39 is 42.3 Å². The molecule has 14 heteroatoms. The normalized spacial score (nSPS) is 13.7. The minimum Gasteiger partial charge on any atom is -0.394 e. The Morgan fingerprint density at radius 2 is 1.31 bits per heavy atom. The molecule has 2 amide bonds. The molecule has 0 aromatic heterocycles. The lowest BCUT2D eigenvalue weighted by Crippen LogP contribution is -2.39. The number of hydrogen-bond acceptors (Lipinski definition) is 6. The summed E-state index contributed by atoms with van der Waals surface area (Å²) in [6.45, 7) is -1.08. The molecule has 1 unspecified atom stereocenters. The Balaban J connectivity index is 5.04. The van der Waals surface area contributed by atoms with E-state index in [1.165, 1.54) is 0 Å². The first-order valence-electron chi connectivity index (χ1n) is 10.0. The predicted octanol–water partition coefficient (Wildman–Crippen LogP) is 0.999. The van der Waals surface area contributed by atoms with E-state index in [0.717, 1.165) is 0 Å². The molecule has 0 heterocycles. The third-order valence-corrected chi connectivity index (χ3v) is 4.69. The molecule has 0 spiro atoms. The average molecular weight is 483 g/mol. The van der Waals surface area contributed by atoms with Gasteiger partial charge >= 0.3 is 24.2 Å². The van der Waals surface area contributed by atoms with Crippen molar-refractivity contribution < 1.29 is 50.9 Å². The van der Waals surface area contributed by atoms with Gasteiger partial charge in [-0.25, -0.2) is 0 Å². The van der Waals surface area contributed by atoms with E-state index in [0.29, 0.717) is 12.8 Å². The van der Waals surface area contributed by atoms with Crippen LogP contribution in [0.4, 0.5) is 26.3 Å². The van der Waals surface area contributed by atoms with Crippen LogP contribution < -0.4 is 16.4 Å². The average Bonchev–Trinajstić information content (AvgIpc) is 2.70. The maximum atomic E-state index is 12.3. The molecule has 190 valence electrons. The van der Waals surface area contributed by atoms with Gasteiger partial charge in [0.25, 0.3) is 0 Å². The number of nitrogens with one attached hydrogen (secondary N) is 2. The van der Waals surface area contributed by atoms with Crippen molar-refractivity contribution in [3.05, 3.63) is 0 Å². The molecule has 0 aliphatic rings. The maximum absolute atomic E-state index is 12.3. The number of aliphatic hydroxyl groups excluding tert-OH is 2. The Morgan fingerprint density at radius 3 is 1.69 bits per heavy atom. The number of aliphatic hydroxyl groups is 2. The summed E-state index contributed by atoms with van der Waals surface area (Å²) in [5.41, 5.74) is 4.81. The van der Waals surface area contributed by atoms with Gasteiger partial charge in [0, 0.05) is 13.1 Å². The second kappa shape index (κ2) is 14.5. The zero-order valence-electron chi connectivity index (χ0n) is 17.5. The van der Waals surface area contributed by atoms with Gasteiger partial charge in [-0.1, -0.05) is 0 Å². The first-order chi connectivity index (χ1) is 14.8. The number of nitrogens with two attached hydrogens (primary N) is 1. The molecule has 0 aliphatic carbocycles. The SMILES string of the molecule is NCCCC(CCCNC(=O)C(F)(F)F)(CCCNC(=O)C(F)(F)F)COCC(O)CO. The van der Waals surface area contributed by atoms with Crippen LogP contribution in [0.25, 0.3) is 0 Å². The van der Waals surface area contributed by atoms with Crippen LogP contribution in [0.15, 0.2) is 0 Å². The molecule has 0 saturated carbocycles. The predicted molar refractivity (Wildman–Crippen MR) is 101 cm³/mol. The molecule has 0 rings (SSSR count). The van der Waals surface area contributed by atoms with Gasteiger partial charge in [0.2, 0.25) is 0 Å². The second-order valence-corrected chi connectivity index (χ2v) is 7.46. The number of hydrogen-bond donors (Lipinski definition) is 5. The Hall–Kier alpha value is -1.64. The molecule has 0 radical (unpaired) electrons. The van der Waals surface area contributed by atoms with E-state index >= 15 is 0 Å². The van der Waals surface area contributed by atoms with E-state index in [4.69, 9.17) is 15.6 Å². The van der Waals surface area contributed by atoms with E-state index in [1.54, 1.807) is 10.6 Å². The smallest absolute Gasteiger partial charge is 0.394 e. The quantitative estimate of drug-likeness (QED) is 0.164. The fraction of sp³-hybridized carbons (Fsp3) is 0.889. The van der Waals surface area contributed by atoms with Gasteiger partial charge < -0.3 is 31.3 Å². The fourth-order valence-corrected chi connectivity index (χ4v) is 3.06. The zero-order valence-corrected chi connectivity index (χ0v) is 17.5. The number of halogens is 6. The number of carbonyl (C=O) groups is 2. The highest BCUT2D eigenvalue weighted by Crippen LogP contribution is 2.35. The van der Waals surface area contributed by atoms with Crippen molar-refractivity contribution >= 4 is 11.8 Å². The zero-order chi connectivity index (χ0) is 24.8. The lowest BCUT2D eigenvalue weighted by molar-refractivity contribution is -0.173. The van der Waals surface area contributed by atoms with Gasteiger partial charge in [0.1, 0.15) is 6.10 Å². The Labute approximate surface area is 181 Å². The second-order valence-electron chi connectivity index (χ2n) is 7.46. The van der Waals surface area contributed by atoms with Crippen molar-refractivity contribution in [2.45, 2.75) is 57.0 Å². The van der Waals surface area contributed by atoms with Crippen LogP contribution in [0.1, 0.15) is 38.5 Å². The van der Waals surface area contributed by atoms with Crippen LogP contribution >= 0.6 is 0 Å². The third-order valence-electron chi connectivity index (χ3n) is 4.69. The highest BCUT2D eigenvalue weighted by atomic mass is 19.4. The van der Waals surface area contributed by atoms with Crippen LogP contribution in [0.2, 0.25) is 0 Å². The molecule has 0 bridgehead atoms. The topological polar surface area (TPSA) is 134 Å². The number of amides is 2. The lowest BCUT2D eigenvalue weighted by atomic mass is 9.75. The highest BCUT2D eigenvalue weighted by Gasteiger charge is 2.39. The maximum Gasteiger partial charge on any atom is 0.471 e. The fourth-order valence-electron chi connectivity index (χ4n) is 3.06. The number of alkyl halides is 6. The van der Waals surface area contributed by atoms with Crippen molar-refractivity contribution in [2.24, 2.45) is 11.1 Å². The summed E-state index contributed by atoms with van der Waals surface area (Å²) in [5.74, 6) is -4.16. The largest absolute Gasteiger partial charge is 0.471 e. The van der Waals surface area contributed by atoms with Crippen molar-refractivity contribution in [1.82, 2.24) is 10.6 Å². The molecule has 0 aliphatic heterocycles. The number of carbonyl (C=O) groups excluding carboxylic acids is 2. The summed E-state index contributed by atoms with van der Waals surface area (Å²) in [6, 6.07) is 0. The first-order valence-corrected chi connectivity index (χ1v) is 10.0. The summed E-state index contributed by atoms with van der Waals surface area (Å²) >= 11 is 0. The first kappa shape index (κ1) is 30.4. The molecular formula is C18H31F6N3O5. The van der Waals surface area contributed by atoms with Crippen LogP contribution in [0.5, 0.6) is 0 Å². The Kier molecular flexibility index (Phi) is 13.8. The standard InChI is InChI=1S/C18H31F6N3O5/c19-17(20,21)14(30)26-8-2-5-16(4-1-7-25,12-32-11-13(29)10-28)6-3-9-27-15(31)18(22,23)24/h13,28-29H,1-12,25H2,(H,26,30)(H,27,31). The molecule has 32 heavy (non-hydrogen) atoms. The minimum absolute atomic E-state index is 0.00943. The van der Waals surface area contributed by atoms with Crippen molar-refractivity contribution in [3.63, 3.8) is 0 Å². The minimum atomic E-state index is -5.02. The van der Waals surface area contributed by atoms with Gasteiger partial charge in [-0.2, -0.15) is 26.3 Å². The monoisotopic (exact) mass is 483 g/mol. The molecule has 0 aromatic rings. The number of rotatable bonds is 16. The molecule has 0 saturated heterocycles. The molecule has 1 atom stereocenters. The third kappa shape index (κ3) is 13.0. The van der Waals surface area contributed by atoms with Crippen LogP contribution in [0.3, 0.4) is 0 Å². The van der Waals surface area contributed by atoms with Gasteiger partial charge in [-0.05, 0) is 50.5 Å².